The van der Waals surface area contributed by atoms with Crippen LogP contribution in [0.3, 0.4) is 0 Å². The minimum Gasteiger partial charge on any atom is -0.476 e. The predicted octanol–water partition coefficient (Wildman–Crippen LogP) is 2.31. The molecule has 0 unspecified atom stereocenters. The lowest BCUT2D eigenvalue weighted by Gasteiger charge is -2.20. The average molecular weight is 277 g/mol. The molecule has 0 atom stereocenters. The molecule has 112 valence electrons. The summed E-state index contributed by atoms with van der Waals surface area (Å²) in [5.74, 6) is 0.696. The number of pyridine rings is 1. The quantitative estimate of drug-likeness (QED) is 0.867. The Balaban J connectivity index is 1.98. The van der Waals surface area contributed by atoms with Gasteiger partial charge < -0.3 is 15.4 Å². The minimum absolute atomic E-state index is 0.00803. The molecule has 2 N–H and O–H groups in total. The highest BCUT2D eigenvalue weighted by Crippen LogP contribution is 2.26. The van der Waals surface area contributed by atoms with Crippen LogP contribution in [0.15, 0.2) is 12.1 Å². The van der Waals surface area contributed by atoms with Crippen molar-refractivity contribution in [1.82, 2.24) is 9.88 Å². The number of nitrogens with zero attached hydrogens (tertiary/aromatic N) is 2. The van der Waals surface area contributed by atoms with Crippen molar-refractivity contribution >= 4 is 0 Å². The Hall–Kier alpha value is -1.13. The zero-order valence-corrected chi connectivity index (χ0v) is 13.1. The second-order valence-corrected chi connectivity index (χ2v) is 6.71. The highest BCUT2D eigenvalue weighted by atomic mass is 16.5. The van der Waals surface area contributed by atoms with Gasteiger partial charge in [-0.2, -0.15) is 0 Å². The molecule has 1 saturated carbocycles. The molecule has 2 rings (SSSR count). The standard InChI is InChI=1S/C16H27N3O/c1-16(2,3)14-9-12(11-17)10-15(18-14)20-8-7-19(4)13-5-6-13/h9-10,13H,5-8,11,17H2,1-4H3. The first kappa shape index (κ1) is 15.3. The molecule has 0 aromatic carbocycles. The molecule has 0 saturated heterocycles. The maximum atomic E-state index is 5.82. The molecule has 1 aliphatic carbocycles. The van der Waals surface area contributed by atoms with Crippen molar-refractivity contribution in [2.24, 2.45) is 5.73 Å². The minimum atomic E-state index is 0.00803. The normalized spacial score (nSPS) is 15.7. The molecule has 1 aromatic heterocycles. The summed E-state index contributed by atoms with van der Waals surface area (Å²) in [5, 5.41) is 0. The SMILES string of the molecule is CN(CCOc1cc(CN)cc(C(C)(C)C)n1)C1CC1. The number of hydrogen-bond acceptors (Lipinski definition) is 4. The van der Waals surface area contributed by atoms with E-state index in [0.717, 1.165) is 23.8 Å². The van der Waals surface area contributed by atoms with Crippen molar-refractivity contribution in [2.45, 2.75) is 51.6 Å². The molecule has 0 amide bonds. The molecule has 1 heterocycles. The summed E-state index contributed by atoms with van der Waals surface area (Å²) in [6.07, 6.45) is 2.65. The topological polar surface area (TPSA) is 51.4 Å². The maximum Gasteiger partial charge on any atom is 0.213 e. The smallest absolute Gasteiger partial charge is 0.213 e. The lowest BCUT2D eigenvalue weighted by Crippen LogP contribution is -2.26. The fourth-order valence-corrected chi connectivity index (χ4v) is 2.13. The molecule has 1 aliphatic rings. The number of likely N-dealkylation sites (N-methyl/N-ethyl adjacent to an activating group) is 1. The van der Waals surface area contributed by atoms with Crippen molar-refractivity contribution in [3.05, 3.63) is 23.4 Å². The number of rotatable bonds is 6. The van der Waals surface area contributed by atoms with Gasteiger partial charge in [0.25, 0.3) is 0 Å². The molecule has 0 radical (unpaired) electrons. The van der Waals surface area contributed by atoms with Gasteiger partial charge in [-0.25, -0.2) is 4.98 Å². The Morgan fingerprint density at radius 1 is 1.35 bits per heavy atom. The molecular weight excluding hydrogens is 250 g/mol. The van der Waals surface area contributed by atoms with Gasteiger partial charge in [0, 0.05) is 30.6 Å². The second-order valence-electron chi connectivity index (χ2n) is 6.71. The summed E-state index contributed by atoms with van der Waals surface area (Å²) in [6, 6.07) is 4.79. The molecule has 0 bridgehead atoms. The summed E-state index contributed by atoms with van der Waals surface area (Å²) >= 11 is 0. The van der Waals surface area contributed by atoms with E-state index in [-0.39, 0.29) is 5.41 Å². The van der Waals surface area contributed by atoms with Gasteiger partial charge in [0.2, 0.25) is 5.88 Å². The Morgan fingerprint density at radius 2 is 2.05 bits per heavy atom. The second kappa shape index (κ2) is 6.10. The summed E-state index contributed by atoms with van der Waals surface area (Å²) in [6.45, 7) is 8.60. The van der Waals surface area contributed by atoms with E-state index in [1.807, 2.05) is 6.07 Å². The third-order valence-corrected chi connectivity index (χ3v) is 3.73. The lowest BCUT2D eigenvalue weighted by atomic mass is 9.91. The van der Waals surface area contributed by atoms with E-state index in [1.54, 1.807) is 0 Å². The highest BCUT2D eigenvalue weighted by molar-refractivity contribution is 5.28. The van der Waals surface area contributed by atoms with Crippen LogP contribution in [0.25, 0.3) is 0 Å². The Labute approximate surface area is 122 Å². The number of nitrogens with two attached hydrogens (primary N) is 1. The van der Waals surface area contributed by atoms with E-state index in [1.165, 1.54) is 12.8 Å². The third kappa shape index (κ3) is 4.18. The maximum absolute atomic E-state index is 5.82. The van der Waals surface area contributed by atoms with Crippen molar-refractivity contribution < 1.29 is 4.74 Å². The van der Waals surface area contributed by atoms with E-state index in [4.69, 9.17) is 10.5 Å². The zero-order chi connectivity index (χ0) is 14.8. The van der Waals surface area contributed by atoms with Gasteiger partial charge in [0.15, 0.2) is 0 Å². The largest absolute Gasteiger partial charge is 0.476 e. The molecule has 1 fully saturated rings. The van der Waals surface area contributed by atoms with Gasteiger partial charge in [-0.05, 0) is 31.5 Å². The zero-order valence-electron chi connectivity index (χ0n) is 13.1. The lowest BCUT2D eigenvalue weighted by molar-refractivity contribution is 0.225. The van der Waals surface area contributed by atoms with E-state index in [9.17, 15) is 0 Å². The number of aromatic nitrogens is 1. The molecule has 20 heavy (non-hydrogen) atoms. The average Bonchev–Trinajstić information content (AvgIpc) is 3.21. The van der Waals surface area contributed by atoms with E-state index in [0.29, 0.717) is 19.0 Å². The fraction of sp³-hybridized carbons (Fsp3) is 0.688. The van der Waals surface area contributed by atoms with Crippen molar-refractivity contribution in [2.75, 3.05) is 20.2 Å². The summed E-state index contributed by atoms with van der Waals surface area (Å²) in [5.41, 5.74) is 7.88. The fourth-order valence-electron chi connectivity index (χ4n) is 2.13. The van der Waals surface area contributed by atoms with Gasteiger partial charge >= 0.3 is 0 Å². The summed E-state index contributed by atoms with van der Waals surface area (Å²) in [4.78, 5) is 6.97. The van der Waals surface area contributed by atoms with Gasteiger partial charge in [-0.1, -0.05) is 20.8 Å². The molecule has 4 heteroatoms. The van der Waals surface area contributed by atoms with Crippen molar-refractivity contribution in [3.63, 3.8) is 0 Å². The monoisotopic (exact) mass is 277 g/mol. The van der Waals surface area contributed by atoms with Crippen LogP contribution >= 0.6 is 0 Å². The Kier molecular flexibility index (Phi) is 4.66. The Bertz CT molecular complexity index is 450. The third-order valence-electron chi connectivity index (χ3n) is 3.73. The first-order chi connectivity index (χ1) is 9.40. The van der Waals surface area contributed by atoms with Crippen LogP contribution in [-0.4, -0.2) is 36.1 Å². The van der Waals surface area contributed by atoms with Crippen LogP contribution < -0.4 is 10.5 Å². The van der Waals surface area contributed by atoms with E-state index in [2.05, 4.69) is 43.8 Å². The first-order valence-electron chi connectivity index (χ1n) is 7.44. The van der Waals surface area contributed by atoms with Crippen molar-refractivity contribution in [3.8, 4) is 5.88 Å². The summed E-state index contributed by atoms with van der Waals surface area (Å²) < 4.78 is 5.82. The van der Waals surface area contributed by atoms with Crippen LogP contribution in [0.1, 0.15) is 44.9 Å². The van der Waals surface area contributed by atoms with Gasteiger partial charge in [0.05, 0.1) is 5.69 Å². The molecular formula is C16H27N3O. The van der Waals surface area contributed by atoms with Crippen LogP contribution in [0.5, 0.6) is 5.88 Å². The van der Waals surface area contributed by atoms with E-state index >= 15 is 0 Å². The van der Waals surface area contributed by atoms with Crippen LogP contribution in [0, 0.1) is 0 Å². The van der Waals surface area contributed by atoms with Gasteiger partial charge in [0.1, 0.15) is 6.61 Å². The molecule has 1 aromatic rings. The summed E-state index contributed by atoms with van der Waals surface area (Å²) in [7, 11) is 2.16. The van der Waals surface area contributed by atoms with Gasteiger partial charge in [-0.3, -0.25) is 0 Å². The molecule has 4 nitrogen and oxygen atoms in total. The number of ether oxygens (including phenoxy) is 1. The van der Waals surface area contributed by atoms with Crippen LogP contribution in [-0.2, 0) is 12.0 Å². The van der Waals surface area contributed by atoms with Crippen LogP contribution in [0.4, 0.5) is 0 Å². The molecule has 0 spiro atoms. The Morgan fingerprint density at radius 3 is 2.60 bits per heavy atom. The van der Waals surface area contributed by atoms with Crippen LogP contribution in [0.2, 0.25) is 0 Å². The number of hydrogen-bond donors (Lipinski definition) is 1. The molecule has 0 aliphatic heterocycles. The van der Waals surface area contributed by atoms with Gasteiger partial charge in [-0.15, -0.1) is 0 Å². The highest BCUT2D eigenvalue weighted by Gasteiger charge is 2.25. The van der Waals surface area contributed by atoms with Crippen molar-refractivity contribution in [1.29, 1.82) is 0 Å². The predicted molar refractivity (Wildman–Crippen MR) is 82.0 cm³/mol. The van der Waals surface area contributed by atoms with E-state index < -0.39 is 0 Å². The first-order valence-corrected chi connectivity index (χ1v) is 7.44.